The van der Waals surface area contributed by atoms with Gasteiger partial charge in [-0.15, -0.1) is 0 Å². The highest BCUT2D eigenvalue weighted by Crippen LogP contribution is 2.36. The number of nitrogens with zero attached hydrogens (tertiary/aromatic N) is 4. The van der Waals surface area contributed by atoms with Gasteiger partial charge in [-0.1, -0.05) is 29.4 Å². The van der Waals surface area contributed by atoms with Gasteiger partial charge in [0.25, 0.3) is 0 Å². The van der Waals surface area contributed by atoms with Crippen molar-refractivity contribution in [2.24, 2.45) is 5.92 Å². The molecule has 3 aromatic heterocycles. The van der Waals surface area contributed by atoms with Crippen molar-refractivity contribution in [2.45, 2.75) is 57.6 Å². The normalized spacial score (nSPS) is 16.6. The van der Waals surface area contributed by atoms with Gasteiger partial charge in [0.2, 0.25) is 5.91 Å². The molecule has 0 aliphatic carbocycles. The van der Waals surface area contributed by atoms with Crippen LogP contribution in [0.3, 0.4) is 0 Å². The van der Waals surface area contributed by atoms with Crippen molar-refractivity contribution in [1.29, 1.82) is 0 Å². The van der Waals surface area contributed by atoms with Gasteiger partial charge in [-0.05, 0) is 73.8 Å². The van der Waals surface area contributed by atoms with Crippen molar-refractivity contribution < 1.29 is 32.0 Å². The van der Waals surface area contributed by atoms with Gasteiger partial charge in [0.05, 0.1) is 59.6 Å². The van der Waals surface area contributed by atoms with Crippen LogP contribution in [0.15, 0.2) is 47.1 Å². The number of sulfone groups is 1. The molecule has 14 heteroatoms. The standard InChI is InChI=1S/C37H47N5O7S2/c1-25-19-29(49-40-25)20-34(43)39-32-22-38-37-31(35(32)36(44)28-11-15-47-16-12-28)21-33(42(37)24-48-17-18-50(2)3)27-7-5-26(6-8-27)23-41-13-9-30(10-14-41)51(4,45)46/h5-8,19,21-22,28,30H,9-18,20,23-24H2,1-4H3/p+1. The van der Waals surface area contributed by atoms with E-state index in [1.54, 1.807) is 19.2 Å². The number of benzene rings is 1. The van der Waals surface area contributed by atoms with Gasteiger partial charge in [-0.25, -0.2) is 13.4 Å². The maximum absolute atomic E-state index is 14.3. The number of amides is 1. The number of pyridine rings is 1. The van der Waals surface area contributed by atoms with E-state index in [0.717, 1.165) is 42.2 Å². The first-order chi connectivity index (χ1) is 24.5. The number of nitrogens with one attached hydrogen (secondary N) is 1. The molecule has 0 unspecified atom stereocenters. The molecule has 0 saturated carbocycles. The number of anilines is 1. The largest absolute Gasteiger partial charge is 0.381 e. The molecule has 12 nitrogen and oxygen atoms in total. The van der Waals surface area contributed by atoms with E-state index in [2.05, 4.69) is 52.2 Å². The minimum Gasteiger partial charge on any atom is -0.381 e. The highest BCUT2D eigenvalue weighted by molar-refractivity contribution is 7.95. The third kappa shape index (κ3) is 9.28. The zero-order valence-corrected chi connectivity index (χ0v) is 31.5. The average molecular weight is 739 g/mol. The highest BCUT2D eigenvalue weighted by atomic mass is 32.2. The van der Waals surface area contributed by atoms with Gasteiger partial charge in [0.15, 0.2) is 5.78 Å². The molecule has 6 rings (SSSR count). The number of hydrogen-bond donors (Lipinski definition) is 1. The number of ether oxygens (including phenoxy) is 2. The third-order valence-corrected chi connectivity index (χ3v) is 12.4. The second-order valence-corrected chi connectivity index (χ2v) is 18.6. The molecule has 2 saturated heterocycles. The fourth-order valence-electron chi connectivity index (χ4n) is 6.86. The van der Waals surface area contributed by atoms with Crippen LogP contribution in [0.4, 0.5) is 5.69 Å². The van der Waals surface area contributed by atoms with E-state index in [0.29, 0.717) is 79.2 Å². The van der Waals surface area contributed by atoms with E-state index in [1.807, 2.05) is 10.6 Å². The summed E-state index contributed by atoms with van der Waals surface area (Å²) in [6.45, 7) is 5.88. The second kappa shape index (κ2) is 16.4. The van der Waals surface area contributed by atoms with Gasteiger partial charge in [0, 0.05) is 43.4 Å². The van der Waals surface area contributed by atoms with Crippen LogP contribution in [0, 0.1) is 12.8 Å². The Morgan fingerprint density at radius 1 is 1.06 bits per heavy atom. The topological polar surface area (TPSA) is 146 Å². The Bertz CT molecular complexity index is 1940. The number of aromatic nitrogens is 3. The van der Waals surface area contributed by atoms with Crippen molar-refractivity contribution in [1.82, 2.24) is 19.6 Å². The summed E-state index contributed by atoms with van der Waals surface area (Å²) in [6.07, 6.45) is 9.76. The molecule has 1 amide bonds. The molecular formula is C37H48N5O7S2+. The first-order valence-corrected chi connectivity index (χ1v) is 21.6. The summed E-state index contributed by atoms with van der Waals surface area (Å²) in [7, 11) is -2.79. The number of rotatable bonds is 14. The van der Waals surface area contributed by atoms with Gasteiger partial charge < -0.3 is 23.9 Å². The van der Waals surface area contributed by atoms with E-state index in [1.165, 1.54) is 6.26 Å². The number of hydrogen-bond acceptors (Lipinski definition) is 10. The molecule has 4 aromatic rings. The van der Waals surface area contributed by atoms with E-state index < -0.39 is 9.84 Å². The minimum absolute atomic E-state index is 0.0253. The first kappa shape index (κ1) is 37.2. The van der Waals surface area contributed by atoms with Crippen LogP contribution < -0.4 is 5.32 Å². The summed E-state index contributed by atoms with van der Waals surface area (Å²) in [5.74, 6) is 0.755. The SMILES string of the molecule is Cc1cc(CC(=O)Nc2cnc3c(cc(-c4ccc(CN5CCC(S(C)(=O)=O)CC5)cc4)n3COCC[S+](C)C)c2C(=O)C2CCOCC2)on1. The summed E-state index contributed by atoms with van der Waals surface area (Å²) < 4.78 is 43.1. The van der Waals surface area contributed by atoms with E-state index in [9.17, 15) is 18.0 Å². The summed E-state index contributed by atoms with van der Waals surface area (Å²) in [6, 6.07) is 12.0. The van der Waals surface area contributed by atoms with Crippen molar-refractivity contribution in [3.05, 3.63) is 65.2 Å². The van der Waals surface area contributed by atoms with Crippen LogP contribution >= 0.6 is 0 Å². The molecule has 1 aromatic carbocycles. The summed E-state index contributed by atoms with van der Waals surface area (Å²) in [5.41, 5.74) is 5.02. The van der Waals surface area contributed by atoms with E-state index in [4.69, 9.17) is 19.0 Å². The lowest BCUT2D eigenvalue weighted by molar-refractivity contribution is -0.115. The van der Waals surface area contributed by atoms with Crippen LogP contribution in [-0.4, -0.2) is 102 Å². The Kier molecular flexibility index (Phi) is 12.0. The molecule has 51 heavy (non-hydrogen) atoms. The molecule has 2 aliphatic heterocycles. The van der Waals surface area contributed by atoms with Crippen molar-refractivity contribution in [3.8, 4) is 11.3 Å². The Labute approximate surface area is 302 Å². The Morgan fingerprint density at radius 2 is 1.78 bits per heavy atom. The predicted molar refractivity (Wildman–Crippen MR) is 200 cm³/mol. The van der Waals surface area contributed by atoms with Crippen LogP contribution in [0.5, 0.6) is 0 Å². The van der Waals surface area contributed by atoms with E-state index >= 15 is 0 Å². The fourth-order valence-corrected chi connectivity index (χ4v) is 8.38. The Balaban J connectivity index is 1.33. The van der Waals surface area contributed by atoms with Crippen molar-refractivity contribution >= 4 is 49.1 Å². The summed E-state index contributed by atoms with van der Waals surface area (Å²) >= 11 is 0. The molecule has 1 N–H and O–H groups in total. The number of carbonyl (C=O) groups excluding carboxylic acids is 2. The lowest BCUT2D eigenvalue weighted by Crippen LogP contribution is -2.38. The molecule has 0 spiro atoms. The number of aryl methyl sites for hydroxylation is 1. The van der Waals surface area contributed by atoms with Crippen molar-refractivity contribution in [2.75, 3.05) is 62.7 Å². The minimum atomic E-state index is -3.02. The van der Waals surface area contributed by atoms with Gasteiger partial charge in [-0.3, -0.25) is 14.5 Å². The van der Waals surface area contributed by atoms with Crippen LogP contribution in [0.1, 0.15) is 53.1 Å². The van der Waals surface area contributed by atoms with Crippen LogP contribution in [-0.2, 0) is 54.7 Å². The molecule has 0 bridgehead atoms. The number of ketones is 1. The van der Waals surface area contributed by atoms with Crippen LogP contribution in [0.2, 0.25) is 0 Å². The fraction of sp³-hybridized carbons (Fsp3) is 0.514. The molecule has 0 atom stereocenters. The Morgan fingerprint density at radius 3 is 2.43 bits per heavy atom. The monoisotopic (exact) mass is 738 g/mol. The number of fused-ring (bicyclic) bond motifs is 1. The highest BCUT2D eigenvalue weighted by Gasteiger charge is 2.30. The lowest BCUT2D eigenvalue weighted by Gasteiger charge is -2.31. The van der Waals surface area contributed by atoms with E-state index in [-0.39, 0.29) is 46.9 Å². The molecule has 0 radical (unpaired) electrons. The number of piperidine rings is 1. The summed E-state index contributed by atoms with van der Waals surface area (Å²) in [4.78, 5) is 34.7. The quantitative estimate of drug-likeness (QED) is 0.110. The molecule has 274 valence electrons. The number of carbonyl (C=O) groups is 2. The Hall–Kier alpha value is -3.56. The zero-order valence-electron chi connectivity index (χ0n) is 29.9. The van der Waals surface area contributed by atoms with Crippen molar-refractivity contribution in [3.63, 3.8) is 0 Å². The van der Waals surface area contributed by atoms with Gasteiger partial charge in [0.1, 0.15) is 33.7 Å². The molecular weight excluding hydrogens is 691 g/mol. The predicted octanol–water partition coefficient (Wildman–Crippen LogP) is 4.65. The number of likely N-dealkylation sites (tertiary alicyclic amines) is 1. The number of Topliss-reactive ketones (excluding diaryl/α,β-unsaturated/α-hetero) is 1. The zero-order chi connectivity index (χ0) is 36.1. The lowest BCUT2D eigenvalue weighted by atomic mass is 9.89. The van der Waals surface area contributed by atoms with Gasteiger partial charge in [-0.2, -0.15) is 0 Å². The third-order valence-electron chi connectivity index (χ3n) is 9.70. The maximum atomic E-state index is 14.3. The summed E-state index contributed by atoms with van der Waals surface area (Å²) in [5, 5.41) is 7.23. The average Bonchev–Trinajstić information content (AvgIpc) is 3.69. The smallest absolute Gasteiger partial charge is 0.232 e. The second-order valence-electron chi connectivity index (χ2n) is 13.9. The first-order valence-electron chi connectivity index (χ1n) is 17.4. The van der Waals surface area contributed by atoms with Gasteiger partial charge >= 0.3 is 0 Å². The molecule has 2 aliphatic rings. The van der Waals surface area contributed by atoms with Crippen LogP contribution in [0.25, 0.3) is 22.3 Å². The molecule has 5 heterocycles. The molecule has 2 fully saturated rings. The maximum Gasteiger partial charge on any atom is 0.232 e.